The van der Waals surface area contributed by atoms with Gasteiger partial charge in [-0.1, -0.05) is 6.07 Å². The molecule has 1 amide bonds. The minimum Gasteiger partial charge on any atom is -0.378 e. The maximum Gasteiger partial charge on any atom is 0.271 e. The van der Waals surface area contributed by atoms with E-state index in [1.54, 1.807) is 11.6 Å². The van der Waals surface area contributed by atoms with Crippen molar-refractivity contribution in [2.24, 2.45) is 5.73 Å². The highest BCUT2D eigenvalue weighted by Gasteiger charge is 2.13. The number of thiazole rings is 1. The first-order valence-electron chi connectivity index (χ1n) is 7.96. The van der Waals surface area contributed by atoms with Crippen molar-refractivity contribution < 1.29 is 9.53 Å². The predicted molar refractivity (Wildman–Crippen MR) is 93.3 cm³/mol. The summed E-state index contributed by atoms with van der Waals surface area (Å²) in [4.78, 5) is 23.1. The molecule has 0 radical (unpaired) electrons. The van der Waals surface area contributed by atoms with Gasteiger partial charge in [0.15, 0.2) is 0 Å². The van der Waals surface area contributed by atoms with Crippen molar-refractivity contribution >= 4 is 23.1 Å². The summed E-state index contributed by atoms with van der Waals surface area (Å²) in [6.07, 6.45) is 2.50. The molecule has 2 aromatic rings. The maximum absolute atomic E-state index is 12.1. The molecule has 0 bridgehead atoms. The van der Waals surface area contributed by atoms with Crippen LogP contribution in [0.25, 0.3) is 0 Å². The summed E-state index contributed by atoms with van der Waals surface area (Å²) in [7, 11) is 0. The van der Waals surface area contributed by atoms with E-state index in [1.165, 1.54) is 11.3 Å². The van der Waals surface area contributed by atoms with Gasteiger partial charge >= 0.3 is 0 Å². The summed E-state index contributed by atoms with van der Waals surface area (Å²) in [6.45, 7) is 4.16. The monoisotopic (exact) mass is 347 g/mol. The van der Waals surface area contributed by atoms with Crippen LogP contribution in [-0.2, 0) is 17.7 Å². The van der Waals surface area contributed by atoms with Gasteiger partial charge in [-0.05, 0) is 18.2 Å². The van der Waals surface area contributed by atoms with E-state index in [1.807, 2.05) is 12.1 Å². The lowest BCUT2D eigenvalue weighted by Crippen LogP contribution is -2.36. The van der Waals surface area contributed by atoms with E-state index in [-0.39, 0.29) is 5.91 Å². The second-order valence-electron chi connectivity index (χ2n) is 5.47. The highest BCUT2D eigenvalue weighted by molar-refractivity contribution is 7.09. The van der Waals surface area contributed by atoms with Gasteiger partial charge in [0.2, 0.25) is 0 Å². The number of hydrogen-bond acceptors (Lipinski definition) is 7. The van der Waals surface area contributed by atoms with Crippen LogP contribution in [0.1, 0.15) is 21.1 Å². The Morgan fingerprint density at radius 3 is 2.92 bits per heavy atom. The number of aromatic nitrogens is 2. The smallest absolute Gasteiger partial charge is 0.271 e. The molecular weight excluding hydrogens is 326 g/mol. The Kier molecular flexibility index (Phi) is 5.73. The number of nitrogens with one attached hydrogen (secondary N) is 1. The molecule has 0 unspecified atom stereocenters. The van der Waals surface area contributed by atoms with Crippen LogP contribution < -0.4 is 16.0 Å². The molecule has 128 valence electrons. The van der Waals surface area contributed by atoms with E-state index in [0.29, 0.717) is 25.2 Å². The number of hydrogen-bond donors (Lipinski definition) is 2. The van der Waals surface area contributed by atoms with Crippen molar-refractivity contribution in [3.8, 4) is 0 Å². The quantitative estimate of drug-likeness (QED) is 0.803. The van der Waals surface area contributed by atoms with Gasteiger partial charge in [0.1, 0.15) is 11.5 Å². The number of carbonyl (C=O) groups excluding carboxylic acids is 1. The predicted octanol–water partition coefficient (Wildman–Crippen LogP) is 0.806. The molecule has 3 N–H and O–H groups in total. The number of pyridine rings is 1. The minimum atomic E-state index is -0.174. The number of anilines is 1. The molecule has 24 heavy (non-hydrogen) atoms. The van der Waals surface area contributed by atoms with Crippen LogP contribution in [-0.4, -0.2) is 48.7 Å². The molecule has 0 aromatic carbocycles. The van der Waals surface area contributed by atoms with Crippen molar-refractivity contribution in [2.45, 2.75) is 13.0 Å². The molecular formula is C16H21N5O2S. The zero-order valence-corrected chi connectivity index (χ0v) is 14.2. The van der Waals surface area contributed by atoms with E-state index in [2.05, 4.69) is 20.2 Å². The van der Waals surface area contributed by atoms with Crippen molar-refractivity contribution in [2.75, 3.05) is 37.7 Å². The molecule has 0 aliphatic carbocycles. The van der Waals surface area contributed by atoms with Gasteiger partial charge in [0, 0.05) is 37.6 Å². The number of nitrogens with zero attached hydrogens (tertiary/aromatic N) is 3. The lowest BCUT2D eigenvalue weighted by Gasteiger charge is -2.27. The first-order valence-corrected chi connectivity index (χ1v) is 8.84. The van der Waals surface area contributed by atoms with Gasteiger partial charge in [-0.15, -0.1) is 11.3 Å². The molecule has 1 fully saturated rings. The molecule has 2 aromatic heterocycles. The third-order valence-electron chi connectivity index (χ3n) is 3.74. The van der Waals surface area contributed by atoms with Gasteiger partial charge in [-0.3, -0.25) is 4.79 Å². The zero-order chi connectivity index (χ0) is 16.8. The summed E-state index contributed by atoms with van der Waals surface area (Å²) in [6, 6.07) is 3.97. The first kappa shape index (κ1) is 16.8. The highest BCUT2D eigenvalue weighted by Crippen LogP contribution is 2.13. The van der Waals surface area contributed by atoms with Gasteiger partial charge in [-0.25, -0.2) is 9.97 Å². The van der Waals surface area contributed by atoms with Gasteiger partial charge in [0.25, 0.3) is 5.91 Å². The number of rotatable bonds is 6. The second kappa shape index (κ2) is 8.18. The number of carbonyl (C=O) groups is 1. The fourth-order valence-corrected chi connectivity index (χ4v) is 3.22. The second-order valence-corrected chi connectivity index (χ2v) is 6.41. The van der Waals surface area contributed by atoms with Crippen molar-refractivity contribution in [3.05, 3.63) is 40.0 Å². The molecule has 0 spiro atoms. The van der Waals surface area contributed by atoms with Crippen LogP contribution in [0, 0.1) is 0 Å². The standard InChI is InChI=1S/C16H21N5O2S/c17-4-3-15-20-13(11-24-15)16(22)19-10-12-1-2-14(18-9-12)21-5-7-23-8-6-21/h1-2,9,11H,3-8,10,17H2,(H,19,22). The average molecular weight is 347 g/mol. The van der Waals surface area contributed by atoms with Crippen LogP contribution in [0.2, 0.25) is 0 Å². The molecule has 1 aliphatic rings. The number of amides is 1. The van der Waals surface area contributed by atoms with Crippen LogP contribution in [0.3, 0.4) is 0 Å². The molecule has 1 saturated heterocycles. The number of ether oxygens (including phenoxy) is 1. The Bertz CT molecular complexity index is 667. The SMILES string of the molecule is NCCc1nc(C(=O)NCc2ccc(N3CCOCC3)nc2)cs1. The molecule has 3 rings (SSSR count). The Hall–Kier alpha value is -2.03. The van der Waals surface area contributed by atoms with Gasteiger partial charge < -0.3 is 20.7 Å². The summed E-state index contributed by atoms with van der Waals surface area (Å²) in [5, 5.41) is 5.52. The van der Waals surface area contributed by atoms with Gasteiger partial charge in [-0.2, -0.15) is 0 Å². The van der Waals surface area contributed by atoms with E-state index in [9.17, 15) is 4.79 Å². The van der Waals surface area contributed by atoms with Crippen LogP contribution >= 0.6 is 11.3 Å². The third kappa shape index (κ3) is 4.28. The zero-order valence-electron chi connectivity index (χ0n) is 13.4. The Morgan fingerprint density at radius 1 is 1.38 bits per heavy atom. The highest BCUT2D eigenvalue weighted by atomic mass is 32.1. The van der Waals surface area contributed by atoms with E-state index < -0.39 is 0 Å². The molecule has 0 atom stereocenters. The fraction of sp³-hybridized carbons (Fsp3) is 0.438. The Morgan fingerprint density at radius 2 is 2.21 bits per heavy atom. The van der Waals surface area contributed by atoms with E-state index >= 15 is 0 Å². The number of morpholine rings is 1. The van der Waals surface area contributed by atoms with E-state index in [0.717, 1.165) is 42.7 Å². The van der Waals surface area contributed by atoms with Crippen LogP contribution in [0.5, 0.6) is 0 Å². The molecule has 7 nitrogen and oxygen atoms in total. The topological polar surface area (TPSA) is 93.4 Å². The van der Waals surface area contributed by atoms with Gasteiger partial charge in [0.05, 0.1) is 18.2 Å². The minimum absolute atomic E-state index is 0.174. The number of nitrogens with two attached hydrogens (primary N) is 1. The normalized spacial score (nSPS) is 14.6. The molecule has 8 heteroatoms. The Labute approximate surface area is 144 Å². The van der Waals surface area contributed by atoms with Crippen molar-refractivity contribution in [1.82, 2.24) is 15.3 Å². The fourth-order valence-electron chi connectivity index (χ4n) is 2.43. The first-order chi connectivity index (χ1) is 11.8. The molecule has 3 heterocycles. The van der Waals surface area contributed by atoms with Crippen molar-refractivity contribution in [3.63, 3.8) is 0 Å². The maximum atomic E-state index is 12.1. The third-order valence-corrected chi connectivity index (χ3v) is 4.65. The molecule has 0 saturated carbocycles. The summed E-state index contributed by atoms with van der Waals surface area (Å²) >= 11 is 1.46. The Balaban J connectivity index is 1.53. The lowest BCUT2D eigenvalue weighted by molar-refractivity contribution is 0.0946. The molecule has 1 aliphatic heterocycles. The summed E-state index contributed by atoms with van der Waals surface area (Å²) in [5.41, 5.74) is 6.90. The van der Waals surface area contributed by atoms with Crippen LogP contribution in [0.15, 0.2) is 23.7 Å². The van der Waals surface area contributed by atoms with E-state index in [4.69, 9.17) is 10.5 Å². The summed E-state index contributed by atoms with van der Waals surface area (Å²) in [5.74, 6) is 0.770. The average Bonchev–Trinajstić information content (AvgIpc) is 3.10. The lowest BCUT2D eigenvalue weighted by atomic mass is 10.2. The largest absolute Gasteiger partial charge is 0.378 e. The van der Waals surface area contributed by atoms with Crippen molar-refractivity contribution in [1.29, 1.82) is 0 Å². The van der Waals surface area contributed by atoms with Crippen LogP contribution in [0.4, 0.5) is 5.82 Å². The summed E-state index contributed by atoms with van der Waals surface area (Å²) < 4.78 is 5.34.